The number of hydrogen-bond acceptors (Lipinski definition) is 5. The zero-order chi connectivity index (χ0) is 15.1. The van der Waals surface area contributed by atoms with E-state index in [-0.39, 0.29) is 23.8 Å². The molecule has 6 heteroatoms. The van der Waals surface area contributed by atoms with E-state index in [0.717, 1.165) is 0 Å². The Morgan fingerprint density at radius 1 is 1.35 bits per heavy atom. The summed E-state index contributed by atoms with van der Waals surface area (Å²) in [5.74, 6) is 0.886. The number of methoxy groups -OCH3 is 2. The van der Waals surface area contributed by atoms with Crippen molar-refractivity contribution in [2.75, 3.05) is 27.1 Å². The van der Waals surface area contributed by atoms with Gasteiger partial charge in [0.1, 0.15) is 0 Å². The zero-order valence-electron chi connectivity index (χ0n) is 12.2. The lowest BCUT2D eigenvalue weighted by Crippen LogP contribution is -2.41. The molecule has 0 fully saturated rings. The Hall–Kier alpha value is -1.40. The number of thioether (sulfide) groups is 1. The highest BCUT2D eigenvalue weighted by molar-refractivity contribution is 7.99. The van der Waals surface area contributed by atoms with Gasteiger partial charge in [-0.05, 0) is 31.4 Å². The molecule has 0 aliphatic carbocycles. The van der Waals surface area contributed by atoms with E-state index < -0.39 is 0 Å². The van der Waals surface area contributed by atoms with Crippen molar-refractivity contribution in [1.82, 2.24) is 5.32 Å². The van der Waals surface area contributed by atoms with E-state index in [9.17, 15) is 9.90 Å². The molecule has 2 N–H and O–H groups in total. The molecule has 0 aliphatic heterocycles. The number of nitrogens with one attached hydrogen (secondary N) is 1. The lowest BCUT2D eigenvalue weighted by Gasteiger charge is -2.21. The standard InChI is InChI=1S/C14H21NO4S/c1-9(13(8-16)20-4)15-14(17)10-5-6-11(18-2)12(7-10)19-3/h5-7,9,13,16H,8H2,1-4H3,(H,15,17). The Morgan fingerprint density at radius 3 is 2.50 bits per heavy atom. The molecular formula is C14H21NO4S. The molecule has 0 saturated heterocycles. The van der Waals surface area contributed by atoms with Crippen molar-refractivity contribution in [3.05, 3.63) is 23.8 Å². The quantitative estimate of drug-likeness (QED) is 0.799. The van der Waals surface area contributed by atoms with Crippen LogP contribution >= 0.6 is 11.8 Å². The Kier molecular flexibility index (Phi) is 6.67. The van der Waals surface area contributed by atoms with Crippen LogP contribution in [0.2, 0.25) is 0 Å². The van der Waals surface area contributed by atoms with E-state index in [0.29, 0.717) is 17.1 Å². The summed E-state index contributed by atoms with van der Waals surface area (Å²) >= 11 is 1.52. The molecule has 2 unspecified atom stereocenters. The van der Waals surface area contributed by atoms with E-state index in [1.807, 2.05) is 13.2 Å². The second-order valence-corrected chi connectivity index (χ2v) is 5.37. The Balaban J connectivity index is 2.82. The van der Waals surface area contributed by atoms with Crippen LogP contribution < -0.4 is 14.8 Å². The van der Waals surface area contributed by atoms with Crippen LogP contribution in [0.3, 0.4) is 0 Å². The first kappa shape index (κ1) is 16.7. The summed E-state index contributed by atoms with van der Waals surface area (Å²) in [6.07, 6.45) is 1.90. The largest absolute Gasteiger partial charge is 0.493 e. The number of aliphatic hydroxyl groups excluding tert-OH is 1. The van der Waals surface area contributed by atoms with Gasteiger partial charge in [0, 0.05) is 16.9 Å². The molecular weight excluding hydrogens is 278 g/mol. The first-order valence-corrected chi connectivity index (χ1v) is 7.52. The monoisotopic (exact) mass is 299 g/mol. The Labute approximate surface area is 123 Å². The molecule has 0 spiro atoms. The number of carbonyl (C=O) groups excluding carboxylic acids is 1. The smallest absolute Gasteiger partial charge is 0.251 e. The fourth-order valence-corrected chi connectivity index (χ4v) is 2.42. The van der Waals surface area contributed by atoms with Gasteiger partial charge in [0.05, 0.1) is 20.8 Å². The van der Waals surface area contributed by atoms with Gasteiger partial charge in [-0.3, -0.25) is 4.79 Å². The van der Waals surface area contributed by atoms with Gasteiger partial charge < -0.3 is 19.9 Å². The van der Waals surface area contributed by atoms with Gasteiger partial charge in [-0.15, -0.1) is 0 Å². The predicted molar refractivity (Wildman–Crippen MR) is 80.9 cm³/mol. The zero-order valence-corrected chi connectivity index (χ0v) is 13.0. The summed E-state index contributed by atoms with van der Waals surface area (Å²) in [5, 5.41) is 12.1. The SMILES string of the molecule is COc1ccc(C(=O)NC(C)C(CO)SC)cc1OC. The molecule has 0 radical (unpaired) electrons. The summed E-state index contributed by atoms with van der Waals surface area (Å²) in [7, 11) is 3.07. The van der Waals surface area contributed by atoms with Crippen LogP contribution in [-0.2, 0) is 0 Å². The van der Waals surface area contributed by atoms with Crippen molar-refractivity contribution in [3.8, 4) is 11.5 Å². The average molecular weight is 299 g/mol. The number of hydrogen-bond donors (Lipinski definition) is 2. The second-order valence-electron chi connectivity index (χ2n) is 4.29. The van der Waals surface area contributed by atoms with Gasteiger partial charge in [-0.1, -0.05) is 0 Å². The first-order valence-electron chi connectivity index (χ1n) is 6.23. The molecule has 2 atom stereocenters. The molecule has 0 bridgehead atoms. The number of aliphatic hydroxyl groups is 1. The van der Waals surface area contributed by atoms with Crippen LogP contribution in [0, 0.1) is 0 Å². The molecule has 0 aliphatic rings. The summed E-state index contributed by atoms with van der Waals surface area (Å²) in [4.78, 5) is 12.2. The minimum Gasteiger partial charge on any atom is -0.493 e. The maximum atomic E-state index is 12.2. The number of benzene rings is 1. The number of ether oxygens (including phenoxy) is 2. The van der Waals surface area contributed by atoms with Crippen LogP contribution in [0.15, 0.2) is 18.2 Å². The van der Waals surface area contributed by atoms with Crippen molar-refractivity contribution in [1.29, 1.82) is 0 Å². The molecule has 1 aromatic carbocycles. The lowest BCUT2D eigenvalue weighted by molar-refractivity contribution is 0.0935. The highest BCUT2D eigenvalue weighted by Gasteiger charge is 2.19. The van der Waals surface area contributed by atoms with Crippen molar-refractivity contribution in [3.63, 3.8) is 0 Å². The third-order valence-electron chi connectivity index (χ3n) is 3.04. The van der Waals surface area contributed by atoms with Gasteiger partial charge in [0.25, 0.3) is 5.91 Å². The van der Waals surface area contributed by atoms with Crippen molar-refractivity contribution >= 4 is 17.7 Å². The molecule has 20 heavy (non-hydrogen) atoms. The summed E-state index contributed by atoms with van der Waals surface area (Å²) in [6.45, 7) is 1.89. The van der Waals surface area contributed by atoms with E-state index in [2.05, 4.69) is 5.32 Å². The normalized spacial score (nSPS) is 13.4. The van der Waals surface area contributed by atoms with Crippen molar-refractivity contribution in [2.24, 2.45) is 0 Å². The molecule has 0 heterocycles. The minimum atomic E-state index is -0.203. The van der Waals surface area contributed by atoms with Gasteiger partial charge in [-0.2, -0.15) is 11.8 Å². The second kappa shape index (κ2) is 8.01. The topological polar surface area (TPSA) is 67.8 Å². The lowest BCUT2D eigenvalue weighted by atomic mass is 10.1. The Morgan fingerprint density at radius 2 is 2.00 bits per heavy atom. The van der Waals surface area contributed by atoms with Gasteiger partial charge in [0.2, 0.25) is 0 Å². The third-order valence-corrected chi connectivity index (χ3v) is 4.21. The molecule has 1 rings (SSSR count). The number of amides is 1. The fourth-order valence-electron chi connectivity index (χ4n) is 1.80. The van der Waals surface area contributed by atoms with Crippen LogP contribution in [0.25, 0.3) is 0 Å². The maximum Gasteiger partial charge on any atom is 0.251 e. The molecule has 5 nitrogen and oxygen atoms in total. The highest BCUT2D eigenvalue weighted by Crippen LogP contribution is 2.27. The van der Waals surface area contributed by atoms with E-state index in [1.165, 1.54) is 18.9 Å². The van der Waals surface area contributed by atoms with Crippen LogP contribution in [0.4, 0.5) is 0 Å². The minimum absolute atomic E-state index is 0.0224. The van der Waals surface area contributed by atoms with Crippen LogP contribution in [0.1, 0.15) is 17.3 Å². The van der Waals surface area contributed by atoms with E-state index in [4.69, 9.17) is 9.47 Å². The average Bonchev–Trinajstić information content (AvgIpc) is 2.47. The van der Waals surface area contributed by atoms with Crippen LogP contribution in [0.5, 0.6) is 11.5 Å². The number of carbonyl (C=O) groups is 1. The Bertz CT molecular complexity index is 449. The predicted octanol–water partition coefficient (Wildman–Crippen LogP) is 1.55. The molecule has 1 aromatic rings. The van der Waals surface area contributed by atoms with Gasteiger partial charge in [-0.25, -0.2) is 0 Å². The maximum absolute atomic E-state index is 12.2. The van der Waals surface area contributed by atoms with Crippen molar-refractivity contribution < 1.29 is 19.4 Å². The van der Waals surface area contributed by atoms with Gasteiger partial charge in [0.15, 0.2) is 11.5 Å². The molecule has 1 amide bonds. The summed E-state index contributed by atoms with van der Waals surface area (Å²) in [6, 6.07) is 4.87. The summed E-state index contributed by atoms with van der Waals surface area (Å²) in [5.41, 5.74) is 0.493. The summed E-state index contributed by atoms with van der Waals surface area (Å²) < 4.78 is 10.3. The van der Waals surface area contributed by atoms with Crippen molar-refractivity contribution in [2.45, 2.75) is 18.2 Å². The van der Waals surface area contributed by atoms with E-state index >= 15 is 0 Å². The fraction of sp³-hybridized carbons (Fsp3) is 0.500. The van der Waals surface area contributed by atoms with Crippen LogP contribution in [-0.4, -0.2) is 49.4 Å². The first-order chi connectivity index (χ1) is 9.57. The third kappa shape index (κ3) is 4.05. The highest BCUT2D eigenvalue weighted by atomic mass is 32.2. The van der Waals surface area contributed by atoms with Gasteiger partial charge >= 0.3 is 0 Å². The molecule has 0 saturated carbocycles. The number of rotatable bonds is 7. The van der Waals surface area contributed by atoms with E-state index in [1.54, 1.807) is 25.3 Å². The molecule has 112 valence electrons. The molecule has 0 aromatic heterocycles.